The highest BCUT2D eigenvalue weighted by molar-refractivity contribution is 7.57. The van der Waals surface area contributed by atoms with Crippen molar-refractivity contribution in [2.75, 3.05) is 11.5 Å². The molecule has 1 aliphatic rings. The zero-order valence-electron chi connectivity index (χ0n) is 26.1. The Hall–Kier alpha value is -3.22. The van der Waals surface area contributed by atoms with Gasteiger partial charge < -0.3 is 18.3 Å². The molecule has 43 heavy (non-hydrogen) atoms. The Balaban J connectivity index is 1.68. The van der Waals surface area contributed by atoms with E-state index in [1.165, 1.54) is 23.2 Å². The van der Waals surface area contributed by atoms with Crippen LogP contribution in [0.5, 0.6) is 0 Å². The Kier molecular flexibility index (Phi) is 9.43. The lowest BCUT2D eigenvalue weighted by Gasteiger charge is -2.36. The van der Waals surface area contributed by atoms with Gasteiger partial charge in [-0.2, -0.15) is 4.73 Å². The largest absolute Gasteiger partial charge is 0.413 e. The molecule has 12 nitrogen and oxygen atoms in total. The van der Waals surface area contributed by atoms with Crippen molar-refractivity contribution in [3.63, 3.8) is 0 Å². The van der Waals surface area contributed by atoms with Crippen LogP contribution >= 0.6 is 7.60 Å². The first-order chi connectivity index (χ1) is 20.0. The van der Waals surface area contributed by atoms with E-state index in [4.69, 9.17) is 18.3 Å². The van der Waals surface area contributed by atoms with Gasteiger partial charge in [0.05, 0.1) is 29.9 Å². The minimum absolute atomic E-state index is 0.0448. The maximum absolute atomic E-state index is 13.5. The summed E-state index contributed by atoms with van der Waals surface area (Å²) in [6, 6.07) is 6.59. The van der Waals surface area contributed by atoms with Crippen LogP contribution in [0.25, 0.3) is 11.2 Å². The Labute approximate surface area is 253 Å². The van der Waals surface area contributed by atoms with Gasteiger partial charge in [0.2, 0.25) is 5.65 Å². The van der Waals surface area contributed by atoms with Gasteiger partial charge >= 0.3 is 7.60 Å². The van der Waals surface area contributed by atoms with Crippen molar-refractivity contribution >= 4 is 44.7 Å². The number of carbonyl (C=O) groups is 2. The van der Waals surface area contributed by atoms with Crippen molar-refractivity contribution in [1.82, 2.24) is 19.7 Å². The highest BCUT2D eigenvalue weighted by Crippen LogP contribution is 2.52. The van der Waals surface area contributed by atoms with Crippen molar-refractivity contribution in [2.24, 2.45) is 0 Å². The van der Waals surface area contributed by atoms with Gasteiger partial charge in [-0.05, 0) is 64.0 Å². The maximum Gasteiger partial charge on any atom is 0.354 e. The second-order valence-electron chi connectivity index (χ2n) is 12.3. The van der Waals surface area contributed by atoms with E-state index in [0.717, 1.165) is 4.90 Å². The summed E-state index contributed by atoms with van der Waals surface area (Å²) in [5.74, 6) is 0.449. The molecule has 232 valence electrons. The number of rotatable bonds is 12. The van der Waals surface area contributed by atoms with Crippen LogP contribution in [0.2, 0.25) is 18.1 Å². The maximum atomic E-state index is 13.5. The first-order valence-electron chi connectivity index (χ1n) is 14.2. The Morgan fingerprint density at radius 1 is 0.953 bits per heavy atom. The lowest BCUT2D eigenvalue weighted by atomic mass is 10.1. The summed E-state index contributed by atoms with van der Waals surface area (Å²) in [6.45, 7) is 17.9. The summed E-state index contributed by atoms with van der Waals surface area (Å²) in [7, 11) is -5.82. The number of imide groups is 1. The number of hydrogen-bond acceptors (Lipinski definition) is 10. The van der Waals surface area contributed by atoms with Crippen LogP contribution in [0.1, 0.15) is 69.2 Å². The molecular formula is C29H40N5O7PSi. The number of aromatic nitrogens is 4. The summed E-state index contributed by atoms with van der Waals surface area (Å²) >= 11 is 0. The molecule has 14 heteroatoms. The van der Waals surface area contributed by atoms with Gasteiger partial charge in [0.15, 0.2) is 25.8 Å². The van der Waals surface area contributed by atoms with Crippen LogP contribution in [-0.4, -0.2) is 64.7 Å². The van der Waals surface area contributed by atoms with Gasteiger partial charge in [-0.3, -0.25) is 14.2 Å². The van der Waals surface area contributed by atoms with E-state index in [0.29, 0.717) is 11.1 Å². The van der Waals surface area contributed by atoms with E-state index in [9.17, 15) is 14.2 Å². The van der Waals surface area contributed by atoms with Crippen LogP contribution in [0.4, 0.5) is 5.82 Å². The van der Waals surface area contributed by atoms with Gasteiger partial charge in [-0.15, -0.1) is 0 Å². The molecule has 0 saturated heterocycles. The molecule has 1 atom stereocenters. The second-order valence-corrected chi connectivity index (χ2v) is 18.9. The SMILES string of the molecule is CC(C)OP(=O)(/C=C/C(CO[Si](C)(C)C(C)(C)C)On1cnc2c(N3C(=O)c4ccccc4C3=O)ncnc21)OC(C)C. The standard InChI is InChI=1S/C29H40N5O7PSi/c1-19(2)40-42(37,41-20(3)4)15-14-21(16-38-43(8,9)29(5,6)7)39-33-18-32-24-25(33)30-17-31-26(24)34-27(35)22-12-10-11-13-23(22)28(34)36/h10-15,17-21H,16H2,1-9H3/b15-14+. The molecule has 0 N–H and O–H groups in total. The van der Waals surface area contributed by atoms with Crippen LogP contribution in [0.15, 0.2) is 48.8 Å². The highest BCUT2D eigenvalue weighted by atomic mass is 31.2. The molecule has 0 fully saturated rings. The molecule has 1 aromatic carbocycles. The molecule has 0 saturated carbocycles. The summed E-state index contributed by atoms with van der Waals surface area (Å²) in [5, 5.41) is -0.0612. The van der Waals surface area contributed by atoms with Gasteiger partial charge in [0.25, 0.3) is 11.8 Å². The summed E-state index contributed by atoms with van der Waals surface area (Å²) in [6.07, 6.45) is 2.77. The van der Waals surface area contributed by atoms with Crippen LogP contribution in [-0.2, 0) is 18.0 Å². The number of nitrogens with zero attached hydrogens (tertiary/aromatic N) is 5. The lowest BCUT2D eigenvalue weighted by Crippen LogP contribution is -2.43. The highest BCUT2D eigenvalue weighted by Gasteiger charge is 2.40. The third-order valence-corrected chi connectivity index (χ3v) is 13.6. The topological polar surface area (TPSA) is 135 Å². The molecule has 0 bridgehead atoms. The summed E-state index contributed by atoms with van der Waals surface area (Å²) < 4.78 is 32.6. The molecule has 1 aliphatic heterocycles. The first kappa shape index (κ1) is 32.7. The van der Waals surface area contributed by atoms with Crippen molar-refractivity contribution in [3.8, 4) is 0 Å². The molecule has 3 aromatic rings. The monoisotopic (exact) mass is 629 g/mol. The first-order valence-corrected chi connectivity index (χ1v) is 18.7. The van der Waals surface area contributed by atoms with Crippen molar-refractivity contribution < 1.29 is 32.5 Å². The molecule has 2 aromatic heterocycles. The number of anilines is 1. The molecule has 0 radical (unpaired) electrons. The zero-order valence-corrected chi connectivity index (χ0v) is 28.0. The smallest absolute Gasteiger partial charge is 0.354 e. The van der Waals surface area contributed by atoms with Crippen molar-refractivity contribution in [3.05, 3.63) is 59.9 Å². The number of imidazole rings is 1. The van der Waals surface area contributed by atoms with E-state index in [1.807, 2.05) is 0 Å². The predicted molar refractivity (Wildman–Crippen MR) is 166 cm³/mol. The minimum atomic E-state index is -3.62. The van der Waals surface area contributed by atoms with E-state index in [2.05, 4.69) is 48.8 Å². The number of carbonyl (C=O) groups excluding carboxylic acids is 2. The summed E-state index contributed by atoms with van der Waals surface area (Å²) in [4.78, 5) is 46.5. The molecule has 0 aliphatic carbocycles. The molecule has 1 unspecified atom stereocenters. The summed E-state index contributed by atoms with van der Waals surface area (Å²) in [5.41, 5.74) is 1.01. The normalized spacial score (nSPS) is 15.4. The minimum Gasteiger partial charge on any atom is -0.413 e. The van der Waals surface area contributed by atoms with E-state index >= 15 is 0 Å². The van der Waals surface area contributed by atoms with E-state index in [-0.39, 0.29) is 40.8 Å². The van der Waals surface area contributed by atoms with Crippen LogP contribution < -0.4 is 9.74 Å². The van der Waals surface area contributed by atoms with Gasteiger partial charge in [0, 0.05) is 5.82 Å². The van der Waals surface area contributed by atoms with Gasteiger partial charge in [-0.25, -0.2) is 19.9 Å². The van der Waals surface area contributed by atoms with Gasteiger partial charge in [-0.1, -0.05) is 32.9 Å². The van der Waals surface area contributed by atoms with Crippen molar-refractivity contribution in [2.45, 2.75) is 84.9 Å². The molecule has 2 amide bonds. The Morgan fingerprint density at radius 2 is 1.53 bits per heavy atom. The Bertz CT molecular complexity index is 1530. The van der Waals surface area contributed by atoms with Crippen molar-refractivity contribution in [1.29, 1.82) is 0 Å². The van der Waals surface area contributed by atoms with Gasteiger partial charge in [0.1, 0.15) is 12.7 Å². The third-order valence-electron chi connectivity index (χ3n) is 7.15. The molecular weight excluding hydrogens is 589 g/mol. The fourth-order valence-electron chi connectivity index (χ4n) is 4.08. The van der Waals surface area contributed by atoms with E-state index < -0.39 is 33.8 Å². The lowest BCUT2D eigenvalue weighted by molar-refractivity contribution is 0.0375. The van der Waals surface area contributed by atoms with Crippen LogP contribution in [0.3, 0.4) is 0 Å². The quantitative estimate of drug-likeness (QED) is 0.133. The number of hydrogen-bond donors (Lipinski definition) is 0. The fraction of sp³-hybridized carbons (Fsp3) is 0.483. The fourth-order valence-corrected chi connectivity index (χ4v) is 6.87. The second kappa shape index (κ2) is 12.4. The predicted octanol–water partition coefficient (Wildman–Crippen LogP) is 6.00. The number of amides is 2. The number of benzene rings is 1. The zero-order chi connectivity index (χ0) is 31.7. The molecule has 4 rings (SSSR count). The molecule has 3 heterocycles. The van der Waals surface area contributed by atoms with Crippen LogP contribution in [0, 0.1) is 0 Å². The Morgan fingerprint density at radius 3 is 2.07 bits per heavy atom. The third kappa shape index (κ3) is 7.13. The average molecular weight is 630 g/mol. The molecule has 0 spiro atoms. The number of fused-ring (bicyclic) bond motifs is 2. The van der Waals surface area contributed by atoms with E-state index in [1.54, 1.807) is 58.0 Å². The average Bonchev–Trinajstić information content (AvgIpc) is 3.42.